The summed E-state index contributed by atoms with van der Waals surface area (Å²) in [5, 5.41) is 9.16. The molecule has 118 valence electrons. The summed E-state index contributed by atoms with van der Waals surface area (Å²) in [6, 6.07) is 1.06. The maximum absolute atomic E-state index is 13.6. The van der Waals surface area contributed by atoms with Gasteiger partial charge in [-0.1, -0.05) is 6.42 Å². The molecule has 0 spiro atoms. The van der Waals surface area contributed by atoms with Crippen LogP contribution >= 0.6 is 0 Å². The van der Waals surface area contributed by atoms with Crippen LogP contribution in [0, 0.1) is 19.7 Å². The third kappa shape index (κ3) is 2.77. The molecule has 0 saturated heterocycles. The first-order chi connectivity index (χ1) is 9.80. The van der Waals surface area contributed by atoms with Crippen molar-refractivity contribution in [1.82, 2.24) is 4.31 Å². The maximum Gasteiger partial charge on any atom is 0.244 e. The number of aliphatic hydroxyl groups excluding tert-OH is 1. The lowest BCUT2D eigenvalue weighted by Crippen LogP contribution is -2.45. The number of sulfonamides is 1. The number of nitrogens with zero attached hydrogens (tertiary/aromatic N) is 1. The summed E-state index contributed by atoms with van der Waals surface area (Å²) in [7, 11) is -3.80. The minimum atomic E-state index is -3.80. The fourth-order valence-electron chi connectivity index (χ4n) is 2.72. The number of halogens is 1. The standard InChI is InChI=1S/C14H21FN2O3S/c1-9-8-12(15)13(16)10(2)14(9)21(19,20)17(6-7-18)11-4-3-5-11/h8,11,18H,3-7,16H2,1-2H3. The zero-order chi connectivity index (χ0) is 15.8. The average molecular weight is 316 g/mol. The predicted octanol–water partition coefficient (Wildman–Crippen LogP) is 1.56. The minimum absolute atomic E-state index is 0.0448. The van der Waals surface area contributed by atoms with E-state index in [0.29, 0.717) is 5.56 Å². The molecule has 1 aliphatic rings. The van der Waals surface area contributed by atoms with E-state index in [2.05, 4.69) is 0 Å². The molecule has 0 amide bonds. The number of hydrogen-bond donors (Lipinski definition) is 2. The Labute approximate surface area is 124 Å². The molecule has 0 heterocycles. The van der Waals surface area contributed by atoms with Crippen LogP contribution in [0.15, 0.2) is 11.0 Å². The van der Waals surface area contributed by atoms with Crippen molar-refractivity contribution in [2.75, 3.05) is 18.9 Å². The van der Waals surface area contributed by atoms with Crippen molar-refractivity contribution in [3.05, 3.63) is 23.0 Å². The van der Waals surface area contributed by atoms with Crippen LogP contribution in [-0.4, -0.2) is 37.0 Å². The molecule has 3 N–H and O–H groups in total. The zero-order valence-corrected chi connectivity index (χ0v) is 13.1. The van der Waals surface area contributed by atoms with Gasteiger partial charge >= 0.3 is 0 Å². The van der Waals surface area contributed by atoms with Gasteiger partial charge in [-0.2, -0.15) is 4.31 Å². The lowest BCUT2D eigenvalue weighted by atomic mass is 9.93. The Morgan fingerprint density at radius 2 is 2.05 bits per heavy atom. The third-order valence-electron chi connectivity index (χ3n) is 4.07. The number of benzene rings is 1. The lowest BCUT2D eigenvalue weighted by Gasteiger charge is -2.36. The number of hydrogen-bond acceptors (Lipinski definition) is 4. The molecule has 1 aromatic carbocycles. The van der Waals surface area contributed by atoms with E-state index in [1.807, 2.05) is 0 Å². The number of nitrogens with two attached hydrogens (primary N) is 1. The summed E-state index contributed by atoms with van der Waals surface area (Å²) in [5.74, 6) is -0.610. The van der Waals surface area contributed by atoms with E-state index in [9.17, 15) is 12.8 Å². The highest BCUT2D eigenvalue weighted by Crippen LogP contribution is 2.34. The van der Waals surface area contributed by atoms with Crippen molar-refractivity contribution in [2.45, 2.75) is 44.0 Å². The Hall–Kier alpha value is -1.18. The topological polar surface area (TPSA) is 83.6 Å². The van der Waals surface area contributed by atoms with E-state index in [1.165, 1.54) is 11.2 Å². The van der Waals surface area contributed by atoms with Gasteiger partial charge in [0.2, 0.25) is 10.0 Å². The van der Waals surface area contributed by atoms with E-state index in [0.717, 1.165) is 25.3 Å². The lowest BCUT2D eigenvalue weighted by molar-refractivity contribution is 0.178. The Morgan fingerprint density at radius 1 is 1.43 bits per heavy atom. The second kappa shape index (κ2) is 5.90. The first kappa shape index (κ1) is 16.2. The minimum Gasteiger partial charge on any atom is -0.396 e. The summed E-state index contributed by atoms with van der Waals surface area (Å²) in [5.41, 5.74) is 6.06. The molecule has 0 unspecified atom stereocenters. The highest BCUT2D eigenvalue weighted by atomic mass is 32.2. The second-order valence-electron chi connectivity index (χ2n) is 5.47. The molecule has 1 fully saturated rings. The highest BCUT2D eigenvalue weighted by Gasteiger charge is 2.36. The molecule has 0 aromatic heterocycles. The molecule has 2 rings (SSSR count). The third-order valence-corrected chi connectivity index (χ3v) is 6.31. The van der Waals surface area contributed by atoms with E-state index < -0.39 is 15.8 Å². The molecular formula is C14H21FN2O3S. The Morgan fingerprint density at radius 3 is 2.52 bits per heavy atom. The van der Waals surface area contributed by atoms with E-state index in [-0.39, 0.29) is 35.3 Å². The Kier molecular flexibility index (Phi) is 4.55. The predicted molar refractivity (Wildman–Crippen MR) is 78.9 cm³/mol. The van der Waals surface area contributed by atoms with E-state index in [1.54, 1.807) is 6.92 Å². The van der Waals surface area contributed by atoms with Crippen molar-refractivity contribution >= 4 is 15.7 Å². The van der Waals surface area contributed by atoms with Crippen molar-refractivity contribution < 1.29 is 17.9 Å². The highest BCUT2D eigenvalue weighted by molar-refractivity contribution is 7.89. The summed E-state index contributed by atoms with van der Waals surface area (Å²) < 4.78 is 40.7. The van der Waals surface area contributed by atoms with Gasteiger partial charge in [0.15, 0.2) is 0 Å². The quantitative estimate of drug-likeness (QED) is 0.808. The smallest absolute Gasteiger partial charge is 0.244 e. The molecule has 7 heteroatoms. The van der Waals surface area contributed by atoms with Gasteiger partial charge < -0.3 is 10.8 Å². The van der Waals surface area contributed by atoms with Crippen LogP contribution in [0.25, 0.3) is 0 Å². The van der Waals surface area contributed by atoms with Gasteiger partial charge in [-0.15, -0.1) is 0 Å². The number of aliphatic hydroxyl groups is 1. The summed E-state index contributed by atoms with van der Waals surface area (Å²) in [6.07, 6.45) is 2.55. The van der Waals surface area contributed by atoms with Gasteiger partial charge in [0.25, 0.3) is 0 Å². The van der Waals surface area contributed by atoms with Gasteiger partial charge in [0.05, 0.1) is 17.2 Å². The SMILES string of the molecule is Cc1cc(F)c(N)c(C)c1S(=O)(=O)N(CCO)C1CCC1. The van der Waals surface area contributed by atoms with Crippen LogP contribution in [0.3, 0.4) is 0 Å². The number of nitrogen functional groups attached to an aromatic ring is 1. The van der Waals surface area contributed by atoms with Gasteiger partial charge in [0.1, 0.15) is 5.82 Å². The molecule has 0 atom stereocenters. The van der Waals surface area contributed by atoms with Gasteiger partial charge in [-0.25, -0.2) is 12.8 Å². The van der Waals surface area contributed by atoms with Crippen LogP contribution < -0.4 is 5.73 Å². The molecule has 0 bridgehead atoms. The fourth-order valence-corrected chi connectivity index (χ4v) is 4.84. The molecule has 1 aliphatic carbocycles. The maximum atomic E-state index is 13.6. The number of aryl methyl sites for hydroxylation is 1. The van der Waals surface area contributed by atoms with Gasteiger partial charge in [0, 0.05) is 12.6 Å². The van der Waals surface area contributed by atoms with Crippen molar-refractivity contribution in [3.63, 3.8) is 0 Å². The van der Waals surface area contributed by atoms with Crippen molar-refractivity contribution in [2.24, 2.45) is 0 Å². The summed E-state index contributed by atoms with van der Waals surface area (Å²) >= 11 is 0. The molecular weight excluding hydrogens is 295 g/mol. The monoisotopic (exact) mass is 316 g/mol. The van der Waals surface area contributed by atoms with E-state index in [4.69, 9.17) is 10.8 Å². The number of anilines is 1. The van der Waals surface area contributed by atoms with Crippen LogP contribution in [-0.2, 0) is 10.0 Å². The van der Waals surface area contributed by atoms with Crippen molar-refractivity contribution in [3.8, 4) is 0 Å². The Balaban J connectivity index is 2.54. The average Bonchev–Trinajstić information content (AvgIpc) is 2.33. The molecule has 1 saturated carbocycles. The van der Waals surface area contributed by atoms with Gasteiger partial charge in [-0.05, 0) is 43.9 Å². The number of rotatable bonds is 5. The molecule has 0 aliphatic heterocycles. The summed E-state index contributed by atoms with van der Waals surface area (Å²) in [4.78, 5) is 0.0572. The molecule has 0 radical (unpaired) electrons. The van der Waals surface area contributed by atoms with Gasteiger partial charge in [-0.3, -0.25) is 0 Å². The molecule has 1 aromatic rings. The fraction of sp³-hybridized carbons (Fsp3) is 0.571. The molecule has 21 heavy (non-hydrogen) atoms. The first-order valence-electron chi connectivity index (χ1n) is 6.98. The van der Waals surface area contributed by atoms with Crippen molar-refractivity contribution in [1.29, 1.82) is 0 Å². The van der Waals surface area contributed by atoms with Crippen LogP contribution in [0.4, 0.5) is 10.1 Å². The van der Waals surface area contributed by atoms with Crippen LogP contribution in [0.5, 0.6) is 0 Å². The Bertz CT molecular complexity index is 642. The summed E-state index contributed by atoms with van der Waals surface area (Å²) in [6.45, 7) is 2.87. The zero-order valence-electron chi connectivity index (χ0n) is 12.3. The normalized spacial score (nSPS) is 16.2. The molecule has 5 nitrogen and oxygen atoms in total. The van der Waals surface area contributed by atoms with Crippen LogP contribution in [0.2, 0.25) is 0 Å². The van der Waals surface area contributed by atoms with Crippen LogP contribution in [0.1, 0.15) is 30.4 Å². The van der Waals surface area contributed by atoms with E-state index >= 15 is 0 Å². The largest absolute Gasteiger partial charge is 0.396 e. The second-order valence-corrected chi connectivity index (χ2v) is 7.29. The first-order valence-corrected chi connectivity index (χ1v) is 8.42.